The Morgan fingerprint density at radius 2 is 2.50 bits per heavy atom. The van der Waals surface area contributed by atoms with Crippen LogP contribution in [0, 0.1) is 0 Å². The number of thiocarbonyl (C=S) groups is 1. The minimum absolute atomic E-state index is 0.0208. The first-order valence-electron chi connectivity index (χ1n) is 3.20. The summed E-state index contributed by atoms with van der Waals surface area (Å²) in [6.45, 7) is 0.632. The van der Waals surface area contributed by atoms with Gasteiger partial charge in [-0.25, -0.2) is 4.79 Å². The number of nitrogens with zero attached hydrogens (tertiary/aromatic N) is 1. The lowest BCUT2D eigenvalue weighted by Crippen LogP contribution is -2.34. The summed E-state index contributed by atoms with van der Waals surface area (Å²) >= 11 is 4.68. The van der Waals surface area contributed by atoms with Crippen molar-refractivity contribution in [3.05, 3.63) is 0 Å². The number of likely N-dealkylation sites (tertiary alicyclic amines) is 1. The normalized spacial score (nSPS) is 24.8. The Kier molecular flexibility index (Phi) is 2.21. The lowest BCUT2D eigenvalue weighted by Gasteiger charge is -2.16. The maximum absolute atomic E-state index is 10.4. The fourth-order valence-electron chi connectivity index (χ4n) is 1.17. The highest BCUT2D eigenvalue weighted by Gasteiger charge is 2.25. The van der Waals surface area contributed by atoms with Gasteiger partial charge >= 0.3 is 6.09 Å². The summed E-state index contributed by atoms with van der Waals surface area (Å²) in [6, 6.07) is -0.0208. The van der Waals surface area contributed by atoms with Gasteiger partial charge in [0.05, 0.1) is 6.04 Å². The molecular weight excluding hydrogens is 150 g/mol. The van der Waals surface area contributed by atoms with Gasteiger partial charge in [0.2, 0.25) is 0 Å². The van der Waals surface area contributed by atoms with Crippen LogP contribution in [0.25, 0.3) is 0 Å². The highest BCUT2D eigenvalue weighted by molar-refractivity contribution is 7.79. The van der Waals surface area contributed by atoms with Gasteiger partial charge in [-0.15, -0.1) is 0 Å². The molecule has 1 unspecified atom stereocenters. The molecule has 0 bridgehead atoms. The number of hydrogen-bond acceptors (Lipinski definition) is 2. The van der Waals surface area contributed by atoms with Crippen LogP contribution in [0.4, 0.5) is 4.79 Å². The van der Waals surface area contributed by atoms with Crippen molar-refractivity contribution in [2.75, 3.05) is 6.54 Å². The molecule has 1 atom stereocenters. The number of amides is 1. The van der Waals surface area contributed by atoms with Gasteiger partial charge in [-0.1, -0.05) is 12.2 Å². The summed E-state index contributed by atoms with van der Waals surface area (Å²) in [4.78, 5) is 11.8. The van der Waals surface area contributed by atoms with Crippen LogP contribution >= 0.6 is 12.2 Å². The van der Waals surface area contributed by atoms with Crippen molar-refractivity contribution in [2.24, 2.45) is 0 Å². The Hall–Kier alpha value is -0.640. The fraction of sp³-hybridized carbons (Fsp3) is 0.667. The predicted molar refractivity (Wildman–Crippen MR) is 41.4 cm³/mol. The molecule has 1 amide bonds. The molecule has 0 radical (unpaired) electrons. The Morgan fingerprint density at radius 1 is 1.80 bits per heavy atom. The Labute approximate surface area is 64.6 Å². The molecule has 0 aromatic heterocycles. The van der Waals surface area contributed by atoms with Gasteiger partial charge in [0.1, 0.15) is 0 Å². The van der Waals surface area contributed by atoms with Crippen LogP contribution in [0.3, 0.4) is 0 Å². The first kappa shape index (κ1) is 7.47. The van der Waals surface area contributed by atoms with Gasteiger partial charge < -0.3 is 10.0 Å². The fourth-order valence-corrected chi connectivity index (χ4v) is 1.45. The molecule has 1 aliphatic rings. The van der Waals surface area contributed by atoms with Crippen LogP contribution < -0.4 is 0 Å². The molecular formula is C6H9NO2S. The maximum atomic E-state index is 10.4. The van der Waals surface area contributed by atoms with E-state index >= 15 is 0 Å². The van der Waals surface area contributed by atoms with Gasteiger partial charge in [-0.05, 0) is 12.8 Å². The molecule has 4 heteroatoms. The topological polar surface area (TPSA) is 40.5 Å². The second-order valence-corrected chi connectivity index (χ2v) is 2.59. The van der Waals surface area contributed by atoms with Crippen molar-refractivity contribution in [3.63, 3.8) is 0 Å². The monoisotopic (exact) mass is 159 g/mol. The van der Waals surface area contributed by atoms with E-state index in [1.165, 1.54) is 10.3 Å². The Bertz CT molecular complexity index is 160. The van der Waals surface area contributed by atoms with Gasteiger partial charge in [0.15, 0.2) is 0 Å². The van der Waals surface area contributed by atoms with Crippen molar-refractivity contribution in [1.29, 1.82) is 0 Å². The molecule has 1 heterocycles. The second kappa shape index (κ2) is 2.96. The van der Waals surface area contributed by atoms with Crippen molar-refractivity contribution in [1.82, 2.24) is 4.90 Å². The molecule has 1 saturated heterocycles. The molecule has 1 fully saturated rings. The summed E-state index contributed by atoms with van der Waals surface area (Å²) < 4.78 is 0. The average molecular weight is 159 g/mol. The van der Waals surface area contributed by atoms with Crippen LogP contribution in [0.15, 0.2) is 0 Å². The van der Waals surface area contributed by atoms with Crippen LogP contribution in [-0.2, 0) is 0 Å². The minimum atomic E-state index is -0.858. The first-order valence-corrected chi connectivity index (χ1v) is 3.67. The minimum Gasteiger partial charge on any atom is -0.465 e. The molecule has 0 aromatic carbocycles. The van der Waals surface area contributed by atoms with Crippen molar-refractivity contribution >= 4 is 23.7 Å². The van der Waals surface area contributed by atoms with E-state index < -0.39 is 6.09 Å². The first-order chi connectivity index (χ1) is 4.75. The smallest absolute Gasteiger partial charge is 0.407 e. The second-order valence-electron chi connectivity index (χ2n) is 2.32. The largest absolute Gasteiger partial charge is 0.465 e. The highest BCUT2D eigenvalue weighted by Crippen LogP contribution is 2.15. The molecule has 3 nitrogen and oxygen atoms in total. The number of rotatable bonds is 1. The van der Waals surface area contributed by atoms with Gasteiger partial charge in [-0.2, -0.15) is 0 Å². The summed E-state index contributed by atoms with van der Waals surface area (Å²) in [6.07, 6.45) is 0.962. The lowest BCUT2D eigenvalue weighted by atomic mass is 10.2. The Morgan fingerprint density at radius 3 is 2.90 bits per heavy atom. The third-order valence-electron chi connectivity index (χ3n) is 1.70. The van der Waals surface area contributed by atoms with Gasteiger partial charge in [0, 0.05) is 11.9 Å². The molecule has 0 aliphatic carbocycles. The molecule has 0 spiro atoms. The van der Waals surface area contributed by atoms with Gasteiger partial charge in [0.25, 0.3) is 0 Å². The Balaban J connectivity index is 2.58. The lowest BCUT2D eigenvalue weighted by molar-refractivity contribution is 0.150. The van der Waals surface area contributed by atoms with Crippen molar-refractivity contribution in [3.8, 4) is 0 Å². The van der Waals surface area contributed by atoms with Crippen molar-refractivity contribution < 1.29 is 9.90 Å². The van der Waals surface area contributed by atoms with Crippen LogP contribution in [-0.4, -0.2) is 34.1 Å². The zero-order chi connectivity index (χ0) is 7.56. The summed E-state index contributed by atoms with van der Waals surface area (Å²) in [7, 11) is 0. The predicted octanol–water partition coefficient (Wildman–Crippen LogP) is 1.13. The molecule has 0 aromatic rings. The van der Waals surface area contributed by atoms with E-state index in [2.05, 4.69) is 12.2 Å². The van der Waals surface area contributed by atoms with Gasteiger partial charge in [-0.3, -0.25) is 0 Å². The molecule has 1 rings (SSSR count). The number of carbonyl (C=O) groups is 1. The van der Waals surface area contributed by atoms with Crippen molar-refractivity contribution in [2.45, 2.75) is 18.9 Å². The number of carboxylic acid groups (broad SMARTS) is 1. The third-order valence-corrected chi connectivity index (χ3v) is 2.02. The summed E-state index contributed by atoms with van der Waals surface area (Å²) in [5, 5.41) is 10.1. The SMILES string of the molecule is O=C(O)N1CCCC1C=S. The molecule has 1 N–H and O–H groups in total. The number of hydrogen-bond donors (Lipinski definition) is 1. The maximum Gasteiger partial charge on any atom is 0.407 e. The highest BCUT2D eigenvalue weighted by atomic mass is 32.1. The average Bonchev–Trinajstić information content (AvgIpc) is 2.33. The van der Waals surface area contributed by atoms with Crippen LogP contribution in [0.5, 0.6) is 0 Å². The van der Waals surface area contributed by atoms with E-state index in [-0.39, 0.29) is 6.04 Å². The van der Waals surface area contributed by atoms with E-state index in [1.54, 1.807) is 0 Å². The van der Waals surface area contributed by atoms with Crippen LogP contribution in [0.1, 0.15) is 12.8 Å². The molecule has 56 valence electrons. The standard InChI is InChI=1S/C6H9NO2S/c8-6(9)7-3-1-2-5(7)4-10/h4-5H,1-3H2,(H,8,9). The van der Waals surface area contributed by atoms with E-state index in [0.29, 0.717) is 6.54 Å². The van der Waals surface area contributed by atoms with E-state index in [9.17, 15) is 4.79 Å². The zero-order valence-corrected chi connectivity index (χ0v) is 6.30. The molecule has 0 saturated carbocycles. The third kappa shape index (κ3) is 1.26. The molecule has 1 aliphatic heterocycles. The summed E-state index contributed by atoms with van der Waals surface area (Å²) in [5.41, 5.74) is 0. The zero-order valence-electron chi connectivity index (χ0n) is 5.49. The van der Waals surface area contributed by atoms with E-state index in [4.69, 9.17) is 5.11 Å². The van der Waals surface area contributed by atoms with E-state index in [1.807, 2.05) is 0 Å². The van der Waals surface area contributed by atoms with E-state index in [0.717, 1.165) is 12.8 Å². The van der Waals surface area contributed by atoms with Crippen LogP contribution in [0.2, 0.25) is 0 Å². The quantitative estimate of drug-likeness (QED) is 0.583. The molecule has 10 heavy (non-hydrogen) atoms. The summed E-state index contributed by atoms with van der Waals surface area (Å²) in [5.74, 6) is 0.